The van der Waals surface area contributed by atoms with E-state index < -0.39 is 0 Å². The number of hydrogen-bond acceptors (Lipinski definition) is 6. The van der Waals surface area contributed by atoms with E-state index in [0.717, 1.165) is 26.1 Å². The van der Waals surface area contributed by atoms with Gasteiger partial charge in [0.25, 0.3) is 5.89 Å². The van der Waals surface area contributed by atoms with E-state index in [0.29, 0.717) is 18.3 Å². The van der Waals surface area contributed by atoms with E-state index in [2.05, 4.69) is 52.4 Å². The Morgan fingerprint density at radius 1 is 1.25 bits per heavy atom. The Hall–Kier alpha value is -1.06. The van der Waals surface area contributed by atoms with E-state index in [-0.39, 0.29) is 0 Å². The van der Waals surface area contributed by atoms with Gasteiger partial charge in [-0.3, -0.25) is 0 Å². The molecular weight excluding hydrogens is 410 g/mol. The molecule has 0 aromatic carbocycles. The average Bonchev–Trinajstić information content (AvgIpc) is 3.12. The van der Waals surface area contributed by atoms with E-state index in [1.165, 1.54) is 0 Å². The summed E-state index contributed by atoms with van der Waals surface area (Å²) in [6.45, 7) is 0.425. The topological polar surface area (TPSA) is 69.6 Å². The van der Waals surface area contributed by atoms with Crippen molar-refractivity contribution in [1.29, 1.82) is 0 Å². The zero-order chi connectivity index (χ0) is 13.9. The maximum Gasteiger partial charge on any atom is 0.257 e. The SMILES string of the molecule is BrCCc1cn(Cc2nnc(-c3ccc(Br)s3)o2)nn1. The number of rotatable bonds is 5. The fraction of sp³-hybridized carbons (Fsp3) is 0.273. The second-order valence-electron chi connectivity index (χ2n) is 3.95. The highest BCUT2D eigenvalue weighted by Crippen LogP contribution is 2.30. The van der Waals surface area contributed by atoms with E-state index >= 15 is 0 Å². The Balaban J connectivity index is 1.73. The third kappa shape index (κ3) is 3.15. The van der Waals surface area contributed by atoms with Gasteiger partial charge in [-0.1, -0.05) is 21.1 Å². The Bertz CT molecular complexity index is 707. The normalized spacial score (nSPS) is 11.1. The number of alkyl halides is 1. The van der Waals surface area contributed by atoms with E-state index in [1.807, 2.05) is 18.3 Å². The number of aryl methyl sites for hydroxylation is 1. The molecule has 9 heteroatoms. The van der Waals surface area contributed by atoms with Crippen LogP contribution in [0, 0.1) is 0 Å². The molecule has 0 aliphatic rings. The lowest BCUT2D eigenvalue weighted by atomic mass is 10.4. The van der Waals surface area contributed by atoms with Crippen molar-refractivity contribution >= 4 is 43.2 Å². The van der Waals surface area contributed by atoms with Crippen LogP contribution in [0.15, 0.2) is 26.5 Å². The molecule has 6 nitrogen and oxygen atoms in total. The molecule has 104 valence electrons. The number of halogens is 2. The Morgan fingerprint density at radius 2 is 2.15 bits per heavy atom. The lowest BCUT2D eigenvalue weighted by Gasteiger charge is -1.93. The first kappa shape index (κ1) is 13.9. The molecule has 0 bridgehead atoms. The number of thiophene rings is 1. The van der Waals surface area contributed by atoms with Gasteiger partial charge < -0.3 is 4.42 Å². The van der Waals surface area contributed by atoms with Crippen LogP contribution in [-0.2, 0) is 13.0 Å². The first-order valence-corrected chi connectivity index (χ1v) is 8.51. The summed E-state index contributed by atoms with van der Waals surface area (Å²) in [7, 11) is 0. The summed E-state index contributed by atoms with van der Waals surface area (Å²) in [6.07, 6.45) is 2.73. The van der Waals surface area contributed by atoms with Crippen molar-refractivity contribution in [2.75, 3.05) is 5.33 Å². The van der Waals surface area contributed by atoms with Crippen LogP contribution in [0.4, 0.5) is 0 Å². The van der Waals surface area contributed by atoms with Crippen molar-refractivity contribution in [3.63, 3.8) is 0 Å². The fourth-order valence-corrected chi connectivity index (χ4v) is 3.33. The van der Waals surface area contributed by atoms with Gasteiger partial charge in [0, 0.05) is 17.9 Å². The van der Waals surface area contributed by atoms with Crippen LogP contribution in [0.3, 0.4) is 0 Å². The number of nitrogens with zero attached hydrogens (tertiary/aromatic N) is 5. The van der Waals surface area contributed by atoms with Gasteiger partial charge in [-0.15, -0.1) is 26.6 Å². The highest BCUT2D eigenvalue weighted by atomic mass is 79.9. The zero-order valence-electron chi connectivity index (χ0n) is 10.2. The predicted molar refractivity (Wildman–Crippen MR) is 81.9 cm³/mol. The molecule has 0 saturated heterocycles. The Kier molecular flexibility index (Phi) is 4.27. The third-order valence-corrected chi connectivity index (χ3v) is 4.49. The molecule has 3 aromatic rings. The summed E-state index contributed by atoms with van der Waals surface area (Å²) in [5.41, 5.74) is 0.934. The smallest absolute Gasteiger partial charge is 0.257 e. The van der Waals surface area contributed by atoms with Gasteiger partial charge in [-0.2, -0.15) is 0 Å². The van der Waals surface area contributed by atoms with Gasteiger partial charge in [0.2, 0.25) is 5.89 Å². The Morgan fingerprint density at radius 3 is 2.90 bits per heavy atom. The summed E-state index contributed by atoms with van der Waals surface area (Å²) in [5.74, 6) is 1.04. The summed E-state index contributed by atoms with van der Waals surface area (Å²) in [5, 5.41) is 17.0. The monoisotopic (exact) mass is 417 g/mol. The highest BCUT2D eigenvalue weighted by molar-refractivity contribution is 9.11. The highest BCUT2D eigenvalue weighted by Gasteiger charge is 2.11. The van der Waals surface area contributed by atoms with Gasteiger partial charge in [-0.05, 0) is 28.1 Å². The van der Waals surface area contributed by atoms with Crippen molar-refractivity contribution in [3.05, 3.63) is 33.7 Å². The second-order valence-corrected chi connectivity index (χ2v) is 7.21. The average molecular weight is 419 g/mol. The molecule has 0 aliphatic carbocycles. The minimum Gasteiger partial charge on any atom is -0.418 e. The molecule has 0 fully saturated rings. The predicted octanol–water partition coefficient (Wildman–Crippen LogP) is 3.14. The van der Waals surface area contributed by atoms with Crippen molar-refractivity contribution < 1.29 is 4.42 Å². The van der Waals surface area contributed by atoms with Crippen LogP contribution >= 0.6 is 43.2 Å². The van der Waals surface area contributed by atoms with Gasteiger partial charge in [0.05, 0.1) is 14.4 Å². The molecule has 0 aliphatic heterocycles. The van der Waals surface area contributed by atoms with E-state index in [4.69, 9.17) is 4.42 Å². The summed E-state index contributed by atoms with van der Waals surface area (Å²) in [4.78, 5) is 0.939. The molecule has 0 amide bonds. The van der Waals surface area contributed by atoms with Crippen molar-refractivity contribution in [2.45, 2.75) is 13.0 Å². The first-order chi connectivity index (χ1) is 9.74. The molecule has 0 spiro atoms. The largest absolute Gasteiger partial charge is 0.418 e. The van der Waals surface area contributed by atoms with Gasteiger partial charge in [0.15, 0.2) is 0 Å². The van der Waals surface area contributed by atoms with E-state index in [1.54, 1.807) is 16.0 Å². The lowest BCUT2D eigenvalue weighted by molar-refractivity contribution is 0.470. The minimum absolute atomic E-state index is 0.425. The molecule has 0 radical (unpaired) electrons. The maximum absolute atomic E-state index is 5.63. The van der Waals surface area contributed by atoms with Gasteiger partial charge >= 0.3 is 0 Å². The third-order valence-electron chi connectivity index (χ3n) is 2.48. The van der Waals surface area contributed by atoms with Crippen LogP contribution < -0.4 is 0 Å². The van der Waals surface area contributed by atoms with Crippen LogP contribution in [-0.4, -0.2) is 30.5 Å². The minimum atomic E-state index is 0.425. The molecule has 3 aromatic heterocycles. The quantitative estimate of drug-likeness (QED) is 0.595. The molecular formula is C11H9Br2N5OS. The summed E-state index contributed by atoms with van der Waals surface area (Å²) in [6, 6.07) is 3.89. The van der Waals surface area contributed by atoms with Crippen molar-refractivity contribution in [2.24, 2.45) is 0 Å². The van der Waals surface area contributed by atoms with Crippen molar-refractivity contribution in [3.8, 4) is 10.8 Å². The van der Waals surface area contributed by atoms with Crippen molar-refractivity contribution in [1.82, 2.24) is 25.2 Å². The van der Waals surface area contributed by atoms with E-state index in [9.17, 15) is 0 Å². The van der Waals surface area contributed by atoms with Crippen LogP contribution in [0.5, 0.6) is 0 Å². The fourth-order valence-electron chi connectivity index (χ4n) is 1.61. The molecule has 0 saturated carbocycles. The number of aromatic nitrogens is 5. The molecule has 20 heavy (non-hydrogen) atoms. The zero-order valence-corrected chi connectivity index (χ0v) is 14.2. The molecule has 0 unspecified atom stereocenters. The molecule has 3 rings (SSSR count). The second kappa shape index (κ2) is 6.15. The van der Waals surface area contributed by atoms with Crippen LogP contribution in [0.2, 0.25) is 0 Å². The molecule has 3 heterocycles. The van der Waals surface area contributed by atoms with Crippen LogP contribution in [0.25, 0.3) is 10.8 Å². The first-order valence-electron chi connectivity index (χ1n) is 5.77. The molecule has 0 atom stereocenters. The van der Waals surface area contributed by atoms with Gasteiger partial charge in [0.1, 0.15) is 6.54 Å². The van der Waals surface area contributed by atoms with Crippen LogP contribution in [0.1, 0.15) is 11.6 Å². The summed E-state index contributed by atoms with van der Waals surface area (Å²) >= 11 is 8.33. The summed E-state index contributed by atoms with van der Waals surface area (Å²) < 4.78 is 8.35. The Labute approximate surface area is 135 Å². The lowest BCUT2D eigenvalue weighted by Crippen LogP contribution is -2.00. The maximum atomic E-state index is 5.63. The number of hydrogen-bond donors (Lipinski definition) is 0. The standard InChI is InChI=1S/C11H9Br2N5OS/c12-4-3-7-5-18(17-14-7)6-10-15-16-11(19-10)8-1-2-9(13)20-8/h1-2,5H,3-4,6H2. The molecule has 0 N–H and O–H groups in total. The van der Waals surface area contributed by atoms with Gasteiger partial charge in [-0.25, -0.2) is 4.68 Å².